The molecule has 0 bridgehead atoms. The van der Waals surface area contributed by atoms with Crippen molar-refractivity contribution in [3.63, 3.8) is 0 Å². The topological polar surface area (TPSA) is 54.2 Å². The van der Waals surface area contributed by atoms with E-state index in [0.717, 1.165) is 31.7 Å². The maximum atomic E-state index is 6.17. The lowest BCUT2D eigenvalue weighted by atomic mass is 10.3. The highest BCUT2D eigenvalue weighted by molar-refractivity contribution is 6.37. The van der Waals surface area contributed by atoms with E-state index in [1.54, 1.807) is 6.07 Å². The number of nitrogen functional groups attached to an aromatic ring is 1. The van der Waals surface area contributed by atoms with E-state index in [9.17, 15) is 0 Å². The van der Waals surface area contributed by atoms with Crippen LogP contribution in [0.1, 0.15) is 26.7 Å². The third-order valence-corrected chi connectivity index (χ3v) is 2.90. The van der Waals surface area contributed by atoms with Gasteiger partial charge in [0.05, 0.1) is 10.0 Å². The molecule has 0 atom stereocenters. The molecule has 0 aliphatic heterocycles. The quantitative estimate of drug-likeness (QED) is 0.618. The molecule has 3 N–H and O–H groups in total. The van der Waals surface area contributed by atoms with Gasteiger partial charge in [-0.15, -0.1) is 0 Å². The monoisotopic (exact) mass is 276 g/mol. The number of aromatic nitrogens is 1. The van der Waals surface area contributed by atoms with Crippen molar-refractivity contribution in [1.82, 2.24) is 4.98 Å². The highest BCUT2D eigenvalue weighted by atomic mass is 35.5. The molecule has 0 aliphatic carbocycles. The van der Waals surface area contributed by atoms with E-state index in [4.69, 9.17) is 29.0 Å². The molecule has 0 amide bonds. The van der Waals surface area contributed by atoms with Gasteiger partial charge >= 0.3 is 0 Å². The molecule has 0 saturated heterocycles. The van der Waals surface area contributed by atoms with E-state index in [0.29, 0.717) is 15.9 Å². The van der Waals surface area contributed by atoms with E-state index >= 15 is 0 Å². The van der Waals surface area contributed by atoms with Crippen LogP contribution in [0.5, 0.6) is 0 Å². The van der Waals surface area contributed by atoms with Crippen LogP contribution in [-0.2, 0) is 0 Å². The molecule has 96 valence electrons. The first-order valence-electron chi connectivity index (χ1n) is 5.71. The summed E-state index contributed by atoms with van der Waals surface area (Å²) in [5.41, 5.74) is 2.47. The van der Waals surface area contributed by atoms with Gasteiger partial charge in [0.2, 0.25) is 0 Å². The molecule has 1 aromatic heterocycles. The summed E-state index contributed by atoms with van der Waals surface area (Å²) in [7, 11) is 0. The number of hydrazine groups is 1. The molecule has 1 heterocycles. The molecule has 0 radical (unpaired) electrons. The standard InChI is InChI=1S/C11H18Cl2N4/c1-3-5-17(6-4-2)11-9(13)7-8(12)10(15-11)16-14/h7H,3-6,14H2,1-2H3,(H,15,16). The number of halogens is 2. The van der Waals surface area contributed by atoms with Gasteiger partial charge in [-0.2, -0.15) is 0 Å². The van der Waals surface area contributed by atoms with Crippen molar-refractivity contribution in [3.05, 3.63) is 16.1 Å². The zero-order chi connectivity index (χ0) is 12.8. The van der Waals surface area contributed by atoms with Crippen molar-refractivity contribution in [2.75, 3.05) is 23.4 Å². The number of rotatable bonds is 6. The van der Waals surface area contributed by atoms with Crippen molar-refractivity contribution in [2.24, 2.45) is 5.84 Å². The summed E-state index contributed by atoms with van der Waals surface area (Å²) in [4.78, 5) is 6.49. The number of hydrogen-bond acceptors (Lipinski definition) is 4. The molecule has 0 saturated carbocycles. The van der Waals surface area contributed by atoms with Crippen molar-refractivity contribution in [3.8, 4) is 0 Å². The van der Waals surface area contributed by atoms with Gasteiger partial charge in [-0.3, -0.25) is 0 Å². The summed E-state index contributed by atoms with van der Waals surface area (Å²) in [6, 6.07) is 1.67. The smallest absolute Gasteiger partial charge is 0.161 e. The van der Waals surface area contributed by atoms with E-state index < -0.39 is 0 Å². The number of anilines is 2. The fourth-order valence-corrected chi connectivity index (χ4v) is 2.18. The molecule has 1 rings (SSSR count). The predicted molar refractivity (Wildman–Crippen MR) is 74.9 cm³/mol. The minimum Gasteiger partial charge on any atom is -0.355 e. The Morgan fingerprint density at radius 1 is 1.24 bits per heavy atom. The number of nitrogens with one attached hydrogen (secondary N) is 1. The van der Waals surface area contributed by atoms with Gasteiger partial charge in [0, 0.05) is 13.1 Å². The van der Waals surface area contributed by atoms with Gasteiger partial charge in [0.1, 0.15) is 5.82 Å². The Kier molecular flexibility index (Phi) is 5.82. The molecule has 1 aromatic rings. The normalized spacial score (nSPS) is 10.4. The lowest BCUT2D eigenvalue weighted by Crippen LogP contribution is -2.26. The third-order valence-electron chi connectivity index (χ3n) is 2.33. The molecule has 0 spiro atoms. The average molecular weight is 277 g/mol. The van der Waals surface area contributed by atoms with Crippen LogP contribution in [0.4, 0.5) is 11.6 Å². The molecule has 17 heavy (non-hydrogen) atoms. The Bertz CT molecular complexity index is 365. The second kappa shape index (κ2) is 6.89. The summed E-state index contributed by atoms with van der Waals surface area (Å²) in [5.74, 6) is 6.54. The summed E-state index contributed by atoms with van der Waals surface area (Å²) >= 11 is 12.1. The van der Waals surface area contributed by atoms with Crippen LogP contribution in [0.15, 0.2) is 6.07 Å². The SMILES string of the molecule is CCCN(CCC)c1nc(NN)c(Cl)cc1Cl. The Morgan fingerprint density at radius 2 is 1.82 bits per heavy atom. The highest BCUT2D eigenvalue weighted by Gasteiger charge is 2.14. The molecule has 0 aliphatic rings. The molecule has 0 unspecified atom stereocenters. The minimum absolute atomic E-state index is 0.425. The largest absolute Gasteiger partial charge is 0.355 e. The van der Waals surface area contributed by atoms with Crippen LogP contribution < -0.4 is 16.2 Å². The Labute approximate surface area is 112 Å². The summed E-state index contributed by atoms with van der Waals surface area (Å²) in [5, 5.41) is 0.977. The number of pyridine rings is 1. The summed E-state index contributed by atoms with van der Waals surface area (Å²) in [6.07, 6.45) is 2.07. The van der Waals surface area contributed by atoms with Gasteiger partial charge in [0.25, 0.3) is 0 Å². The Morgan fingerprint density at radius 3 is 2.29 bits per heavy atom. The van der Waals surface area contributed by atoms with E-state index in [1.165, 1.54) is 0 Å². The van der Waals surface area contributed by atoms with E-state index in [-0.39, 0.29) is 0 Å². The zero-order valence-electron chi connectivity index (χ0n) is 10.1. The number of nitrogens with zero attached hydrogens (tertiary/aromatic N) is 2. The molecule has 4 nitrogen and oxygen atoms in total. The third kappa shape index (κ3) is 3.63. The van der Waals surface area contributed by atoms with Crippen molar-refractivity contribution < 1.29 is 0 Å². The lowest BCUT2D eigenvalue weighted by Gasteiger charge is -2.24. The van der Waals surface area contributed by atoms with Crippen molar-refractivity contribution in [1.29, 1.82) is 0 Å². The van der Waals surface area contributed by atoms with Crippen LogP contribution in [-0.4, -0.2) is 18.1 Å². The maximum Gasteiger partial charge on any atom is 0.161 e. The van der Waals surface area contributed by atoms with Gasteiger partial charge in [-0.1, -0.05) is 37.0 Å². The van der Waals surface area contributed by atoms with Crippen LogP contribution in [0.25, 0.3) is 0 Å². The summed E-state index contributed by atoms with van der Waals surface area (Å²) < 4.78 is 0. The molecule has 0 aromatic carbocycles. The molecular formula is C11H18Cl2N4. The Balaban J connectivity index is 3.08. The van der Waals surface area contributed by atoms with Crippen LogP contribution in [0.2, 0.25) is 10.0 Å². The van der Waals surface area contributed by atoms with Crippen LogP contribution >= 0.6 is 23.2 Å². The number of nitrogens with two attached hydrogens (primary N) is 1. The van der Waals surface area contributed by atoms with Crippen LogP contribution in [0, 0.1) is 0 Å². The fourth-order valence-electron chi connectivity index (χ4n) is 1.64. The second-order valence-electron chi connectivity index (χ2n) is 3.76. The van der Waals surface area contributed by atoms with Crippen molar-refractivity contribution >= 4 is 34.8 Å². The Hall–Kier alpha value is -0.710. The van der Waals surface area contributed by atoms with Gasteiger partial charge in [-0.25, -0.2) is 10.8 Å². The zero-order valence-corrected chi connectivity index (χ0v) is 11.6. The minimum atomic E-state index is 0.425. The van der Waals surface area contributed by atoms with Crippen LogP contribution in [0.3, 0.4) is 0 Å². The first kappa shape index (κ1) is 14.4. The summed E-state index contributed by atoms with van der Waals surface area (Å²) in [6.45, 7) is 6.06. The lowest BCUT2D eigenvalue weighted by molar-refractivity contribution is 0.735. The van der Waals surface area contributed by atoms with Gasteiger partial charge in [0.15, 0.2) is 5.82 Å². The maximum absolute atomic E-state index is 6.17. The highest BCUT2D eigenvalue weighted by Crippen LogP contribution is 2.31. The first-order valence-corrected chi connectivity index (χ1v) is 6.47. The van der Waals surface area contributed by atoms with Gasteiger partial charge in [-0.05, 0) is 18.9 Å². The molecular weight excluding hydrogens is 259 g/mol. The fraction of sp³-hybridized carbons (Fsp3) is 0.545. The van der Waals surface area contributed by atoms with Crippen molar-refractivity contribution in [2.45, 2.75) is 26.7 Å². The van der Waals surface area contributed by atoms with E-state index in [1.807, 2.05) is 0 Å². The average Bonchev–Trinajstić information content (AvgIpc) is 2.29. The predicted octanol–water partition coefficient (Wildman–Crippen LogP) is 3.30. The second-order valence-corrected chi connectivity index (χ2v) is 4.57. The van der Waals surface area contributed by atoms with Gasteiger partial charge < -0.3 is 10.3 Å². The van der Waals surface area contributed by atoms with E-state index in [2.05, 4.69) is 29.2 Å². The molecule has 0 fully saturated rings. The number of hydrogen-bond donors (Lipinski definition) is 2. The molecule has 6 heteroatoms. The first-order chi connectivity index (χ1) is 8.13.